The number of benzene rings is 2. The number of halogens is 4. The lowest BCUT2D eigenvalue weighted by molar-refractivity contribution is -0.116. The third-order valence-electron chi connectivity index (χ3n) is 4.97. The number of aromatic nitrogens is 1. The van der Waals surface area contributed by atoms with Gasteiger partial charge in [-0.1, -0.05) is 17.7 Å². The highest BCUT2D eigenvalue weighted by Gasteiger charge is 2.37. The summed E-state index contributed by atoms with van der Waals surface area (Å²) in [6, 6.07) is 12.3. The number of carbonyl (C=O) groups excluding carboxylic acids is 3. The highest BCUT2D eigenvalue weighted by Crippen LogP contribution is 2.37. The van der Waals surface area contributed by atoms with Gasteiger partial charge in [-0.25, -0.2) is 9.69 Å². The number of amides is 4. The Morgan fingerprint density at radius 2 is 1.86 bits per heavy atom. The summed E-state index contributed by atoms with van der Waals surface area (Å²) in [5.74, 6) is -0.950. The number of alkyl halides is 3. The molecule has 1 aliphatic rings. The van der Waals surface area contributed by atoms with Crippen molar-refractivity contribution in [3.63, 3.8) is 0 Å². The summed E-state index contributed by atoms with van der Waals surface area (Å²) < 4.78 is 37.7. The van der Waals surface area contributed by atoms with E-state index in [0.29, 0.717) is 21.8 Å². The zero-order chi connectivity index (χ0) is 25.2. The van der Waals surface area contributed by atoms with E-state index in [1.807, 2.05) is 0 Å². The van der Waals surface area contributed by atoms with E-state index < -0.39 is 23.4 Å². The Kier molecular flexibility index (Phi) is 6.99. The maximum absolute atomic E-state index is 13.0. The minimum atomic E-state index is -4.44. The van der Waals surface area contributed by atoms with Crippen LogP contribution in [-0.4, -0.2) is 39.8 Å². The predicted molar refractivity (Wildman–Crippen MR) is 125 cm³/mol. The second-order valence-electron chi connectivity index (χ2n) is 7.41. The number of carbonyl (C=O) groups is 3. The quantitative estimate of drug-likeness (QED) is 0.339. The molecule has 7 nitrogen and oxygen atoms in total. The van der Waals surface area contributed by atoms with E-state index in [1.54, 1.807) is 24.3 Å². The van der Waals surface area contributed by atoms with Crippen molar-refractivity contribution in [2.24, 2.45) is 0 Å². The van der Waals surface area contributed by atoms with Crippen molar-refractivity contribution in [3.05, 3.63) is 83.1 Å². The average Bonchev–Trinajstić information content (AvgIpc) is 3.07. The molecule has 0 spiro atoms. The molecule has 0 unspecified atom stereocenters. The van der Waals surface area contributed by atoms with Gasteiger partial charge in [0.1, 0.15) is 6.54 Å². The molecule has 4 amide bonds. The molecule has 1 N–H and O–H groups in total. The summed E-state index contributed by atoms with van der Waals surface area (Å²) >= 11 is 5.66. The van der Waals surface area contributed by atoms with Gasteiger partial charge in [0.05, 0.1) is 24.1 Å². The van der Waals surface area contributed by atoms with E-state index in [1.165, 1.54) is 47.6 Å². The molecule has 1 aliphatic heterocycles. The lowest BCUT2D eigenvalue weighted by Gasteiger charge is -2.19. The first-order valence-corrected chi connectivity index (χ1v) is 11.3. The molecule has 1 fully saturated rings. The zero-order valence-corrected chi connectivity index (χ0v) is 19.3. The van der Waals surface area contributed by atoms with E-state index in [-0.39, 0.29) is 35.4 Å². The fourth-order valence-corrected chi connectivity index (χ4v) is 4.16. The van der Waals surface area contributed by atoms with Crippen LogP contribution in [0.5, 0.6) is 0 Å². The van der Waals surface area contributed by atoms with E-state index in [2.05, 4.69) is 10.3 Å². The number of nitrogens with zero attached hydrogens (tertiary/aromatic N) is 3. The predicted octanol–water partition coefficient (Wildman–Crippen LogP) is 5.57. The van der Waals surface area contributed by atoms with E-state index in [9.17, 15) is 27.6 Å². The lowest BCUT2D eigenvalue weighted by atomic mass is 10.1. The number of urea groups is 1. The summed E-state index contributed by atoms with van der Waals surface area (Å²) in [5.41, 5.74) is -3.06. The summed E-state index contributed by atoms with van der Waals surface area (Å²) in [6.45, 7) is -0.237. The number of imide groups is 1. The molecule has 1 aromatic heterocycles. The second kappa shape index (κ2) is 9.96. The van der Waals surface area contributed by atoms with Crippen LogP contribution in [-0.2, 0) is 11.3 Å². The van der Waals surface area contributed by atoms with Crippen molar-refractivity contribution >= 4 is 52.6 Å². The largest absolute Gasteiger partial charge is 0.446 e. The molecular formula is C23H16ClF3N4O3S. The molecule has 0 atom stereocenters. The van der Waals surface area contributed by atoms with Crippen molar-refractivity contribution in [2.75, 3.05) is 16.8 Å². The molecule has 180 valence electrons. The second-order valence-corrected chi connectivity index (χ2v) is 8.98. The van der Waals surface area contributed by atoms with Gasteiger partial charge in [0, 0.05) is 21.7 Å². The summed E-state index contributed by atoms with van der Waals surface area (Å²) in [4.78, 5) is 44.3. The van der Waals surface area contributed by atoms with Crippen molar-refractivity contribution in [1.82, 2.24) is 9.88 Å². The first-order valence-electron chi connectivity index (χ1n) is 10.1. The monoisotopic (exact) mass is 520 g/mol. The van der Waals surface area contributed by atoms with E-state index in [4.69, 9.17) is 11.6 Å². The highest BCUT2D eigenvalue weighted by molar-refractivity contribution is 8.00. The van der Waals surface area contributed by atoms with Crippen LogP contribution in [0.4, 0.5) is 29.3 Å². The molecule has 4 rings (SSSR count). The number of nitrogens with one attached hydrogen (secondary N) is 1. The van der Waals surface area contributed by atoms with Crippen LogP contribution < -0.4 is 10.2 Å². The maximum Gasteiger partial charge on any atom is 0.446 e. The number of rotatable bonds is 6. The van der Waals surface area contributed by atoms with Gasteiger partial charge in [-0.05, 0) is 65.9 Å². The molecule has 0 bridgehead atoms. The third kappa shape index (κ3) is 5.92. The van der Waals surface area contributed by atoms with Crippen molar-refractivity contribution in [1.29, 1.82) is 0 Å². The zero-order valence-electron chi connectivity index (χ0n) is 17.8. The lowest BCUT2D eigenvalue weighted by Crippen LogP contribution is -2.33. The van der Waals surface area contributed by atoms with Gasteiger partial charge >= 0.3 is 11.5 Å². The van der Waals surface area contributed by atoms with Gasteiger partial charge in [0.2, 0.25) is 0 Å². The van der Waals surface area contributed by atoms with Gasteiger partial charge in [-0.2, -0.15) is 13.2 Å². The third-order valence-corrected chi connectivity index (χ3v) is 5.95. The van der Waals surface area contributed by atoms with Crippen molar-refractivity contribution in [3.8, 4) is 0 Å². The maximum atomic E-state index is 13.0. The summed E-state index contributed by atoms with van der Waals surface area (Å²) in [7, 11) is 0. The molecule has 0 aliphatic carbocycles. The number of anilines is 2. The average molecular weight is 521 g/mol. The number of hydrogen-bond donors (Lipinski definition) is 1. The Bertz CT molecular complexity index is 1290. The minimum Gasteiger partial charge on any atom is -0.320 e. The van der Waals surface area contributed by atoms with Gasteiger partial charge in [-0.3, -0.25) is 14.6 Å². The summed E-state index contributed by atoms with van der Waals surface area (Å²) in [5, 5.41) is 3.13. The first kappa shape index (κ1) is 24.6. The molecule has 0 radical (unpaired) electrons. The molecule has 3 aromatic rings. The van der Waals surface area contributed by atoms with Crippen LogP contribution in [0.1, 0.15) is 15.9 Å². The van der Waals surface area contributed by atoms with Crippen LogP contribution in [0, 0.1) is 0 Å². The van der Waals surface area contributed by atoms with Gasteiger partial charge in [-0.15, -0.1) is 0 Å². The normalized spacial score (nSPS) is 13.9. The highest BCUT2D eigenvalue weighted by atomic mass is 35.5. The fourth-order valence-electron chi connectivity index (χ4n) is 3.43. The smallest absolute Gasteiger partial charge is 0.320 e. The van der Waals surface area contributed by atoms with Gasteiger partial charge in [0.25, 0.3) is 11.8 Å². The van der Waals surface area contributed by atoms with Crippen LogP contribution in [0.2, 0.25) is 5.02 Å². The van der Waals surface area contributed by atoms with E-state index >= 15 is 0 Å². The van der Waals surface area contributed by atoms with Crippen LogP contribution in [0.3, 0.4) is 0 Å². The minimum absolute atomic E-state index is 0.00321. The van der Waals surface area contributed by atoms with Crippen molar-refractivity contribution < 1.29 is 27.6 Å². The fraction of sp³-hybridized carbons (Fsp3) is 0.130. The molecule has 2 heterocycles. The molecule has 35 heavy (non-hydrogen) atoms. The molecule has 12 heteroatoms. The Morgan fingerprint density at radius 1 is 1.11 bits per heavy atom. The van der Waals surface area contributed by atoms with Gasteiger partial charge in [0.15, 0.2) is 0 Å². The molecule has 1 saturated heterocycles. The number of pyridine rings is 1. The molecule has 2 aromatic carbocycles. The number of thioether (sulfide) groups is 1. The Morgan fingerprint density at radius 3 is 2.54 bits per heavy atom. The Hall–Kier alpha value is -3.57. The first-order chi connectivity index (χ1) is 16.6. The standard InChI is InChI=1S/C23H16ClF3N4O3S/c24-16-3-1-2-14(10-16)21(33)29-19-11-28-9-8-15(19)12-30-13-20(32)31(22(30)34)17-4-6-18(7-5-17)35-23(25,26)27/h1-11H,12-13H2,(H,29,33). The topological polar surface area (TPSA) is 82.6 Å². The Labute approximate surface area is 206 Å². The number of hydrogen-bond acceptors (Lipinski definition) is 5. The van der Waals surface area contributed by atoms with Crippen LogP contribution in [0.25, 0.3) is 0 Å². The van der Waals surface area contributed by atoms with Gasteiger partial charge < -0.3 is 10.2 Å². The SMILES string of the molecule is O=C(Nc1cnccc1CN1CC(=O)N(c2ccc(SC(F)(F)F)cc2)C1=O)c1cccc(Cl)c1. The summed E-state index contributed by atoms with van der Waals surface area (Å²) in [6.07, 6.45) is 2.91. The molecular weight excluding hydrogens is 505 g/mol. The Balaban J connectivity index is 1.48. The molecule has 0 saturated carbocycles. The van der Waals surface area contributed by atoms with Crippen molar-refractivity contribution in [2.45, 2.75) is 16.9 Å². The van der Waals surface area contributed by atoms with Crippen LogP contribution in [0.15, 0.2) is 71.9 Å². The van der Waals surface area contributed by atoms with E-state index in [0.717, 1.165) is 4.90 Å². The van der Waals surface area contributed by atoms with Crippen LogP contribution >= 0.6 is 23.4 Å².